The topological polar surface area (TPSA) is 69.7 Å². The van der Waals surface area contributed by atoms with Gasteiger partial charge in [0.05, 0.1) is 33.3 Å². The van der Waals surface area contributed by atoms with Crippen molar-refractivity contribution in [1.82, 2.24) is 10.3 Å². The van der Waals surface area contributed by atoms with Gasteiger partial charge in [-0.1, -0.05) is 24.3 Å². The molecule has 6 nitrogen and oxygen atoms in total. The van der Waals surface area contributed by atoms with E-state index in [4.69, 9.17) is 14.2 Å². The summed E-state index contributed by atoms with van der Waals surface area (Å²) in [6.07, 6.45) is 2.73. The smallest absolute Gasteiger partial charge is 0.224 e. The fraction of sp³-hybridized carbons (Fsp3) is 0.273. The van der Waals surface area contributed by atoms with Crippen LogP contribution in [0.25, 0.3) is 10.9 Å². The fourth-order valence-electron chi connectivity index (χ4n) is 3.19. The Kier molecular flexibility index (Phi) is 6.32. The van der Waals surface area contributed by atoms with Crippen LogP contribution in [0.5, 0.6) is 17.2 Å². The molecule has 0 aliphatic carbocycles. The molecule has 0 atom stereocenters. The zero-order valence-electron chi connectivity index (χ0n) is 16.3. The van der Waals surface area contributed by atoms with Crippen LogP contribution in [-0.4, -0.2) is 38.8 Å². The van der Waals surface area contributed by atoms with Gasteiger partial charge in [0.2, 0.25) is 11.7 Å². The number of aromatic nitrogens is 1. The van der Waals surface area contributed by atoms with Crippen molar-refractivity contribution in [3.63, 3.8) is 0 Å². The molecule has 1 N–H and O–H groups in total. The number of hydrogen-bond acceptors (Lipinski definition) is 5. The molecule has 0 bridgehead atoms. The fourth-order valence-corrected chi connectivity index (χ4v) is 3.19. The number of ether oxygens (including phenoxy) is 3. The van der Waals surface area contributed by atoms with Gasteiger partial charge in [0, 0.05) is 18.1 Å². The summed E-state index contributed by atoms with van der Waals surface area (Å²) < 4.78 is 16.0. The monoisotopic (exact) mass is 380 g/mol. The second kappa shape index (κ2) is 9.08. The summed E-state index contributed by atoms with van der Waals surface area (Å²) >= 11 is 0. The molecule has 0 saturated heterocycles. The van der Waals surface area contributed by atoms with Crippen molar-refractivity contribution >= 4 is 16.8 Å². The Hall–Kier alpha value is -3.28. The molecule has 0 saturated carbocycles. The maximum atomic E-state index is 12.4. The molecule has 0 radical (unpaired) electrons. The summed E-state index contributed by atoms with van der Waals surface area (Å²) in [5.74, 6) is 1.51. The average Bonchev–Trinajstić information content (AvgIpc) is 2.73. The summed E-state index contributed by atoms with van der Waals surface area (Å²) in [7, 11) is 4.66. The number of amides is 1. The average molecular weight is 380 g/mol. The van der Waals surface area contributed by atoms with Crippen molar-refractivity contribution < 1.29 is 19.0 Å². The first-order valence-electron chi connectivity index (χ1n) is 9.04. The summed E-state index contributed by atoms with van der Waals surface area (Å²) in [6.45, 7) is 0.541. The minimum Gasteiger partial charge on any atom is -0.493 e. The van der Waals surface area contributed by atoms with Gasteiger partial charge in [-0.3, -0.25) is 9.78 Å². The molecule has 0 aliphatic rings. The molecule has 3 aromatic rings. The number of rotatable bonds is 8. The van der Waals surface area contributed by atoms with Crippen LogP contribution in [0.1, 0.15) is 11.1 Å². The Balaban J connectivity index is 1.63. The van der Waals surface area contributed by atoms with Gasteiger partial charge >= 0.3 is 0 Å². The van der Waals surface area contributed by atoms with Gasteiger partial charge in [0.15, 0.2) is 11.5 Å². The second-order valence-electron chi connectivity index (χ2n) is 6.30. The summed E-state index contributed by atoms with van der Waals surface area (Å²) in [6, 6.07) is 13.6. The van der Waals surface area contributed by atoms with Crippen LogP contribution in [0.15, 0.2) is 48.7 Å². The van der Waals surface area contributed by atoms with E-state index in [-0.39, 0.29) is 12.3 Å². The SMILES string of the molecule is COc1cc(CC(=O)NCCc2cccc3cccnc23)cc(OC)c1OC. The zero-order valence-corrected chi connectivity index (χ0v) is 16.3. The lowest BCUT2D eigenvalue weighted by Crippen LogP contribution is -2.27. The standard InChI is InChI=1S/C22H24N2O4/c1-26-18-12-15(13-19(27-2)22(18)28-3)14-20(25)23-11-9-17-7-4-6-16-8-5-10-24-21(16)17/h4-8,10,12-13H,9,11,14H2,1-3H3,(H,23,25). The minimum atomic E-state index is -0.0672. The molecule has 146 valence electrons. The molecule has 1 heterocycles. The third-order valence-electron chi connectivity index (χ3n) is 4.52. The highest BCUT2D eigenvalue weighted by Gasteiger charge is 2.15. The van der Waals surface area contributed by atoms with E-state index in [1.54, 1.807) is 39.7 Å². The molecule has 1 amide bonds. The van der Waals surface area contributed by atoms with E-state index in [2.05, 4.69) is 10.3 Å². The highest BCUT2D eigenvalue weighted by atomic mass is 16.5. The molecule has 0 spiro atoms. The van der Waals surface area contributed by atoms with Gasteiger partial charge in [-0.15, -0.1) is 0 Å². The van der Waals surface area contributed by atoms with Crippen LogP contribution in [0.4, 0.5) is 0 Å². The third-order valence-corrected chi connectivity index (χ3v) is 4.52. The minimum absolute atomic E-state index is 0.0672. The van der Waals surface area contributed by atoms with Gasteiger partial charge in [-0.05, 0) is 35.7 Å². The Morgan fingerprint density at radius 1 is 1.00 bits per heavy atom. The Bertz CT molecular complexity index is 941. The lowest BCUT2D eigenvalue weighted by atomic mass is 10.1. The third kappa shape index (κ3) is 4.34. The van der Waals surface area contributed by atoms with Crippen molar-refractivity contribution in [3.05, 3.63) is 59.8 Å². The Labute approximate surface area is 164 Å². The number of benzene rings is 2. The van der Waals surface area contributed by atoms with Crippen LogP contribution in [0, 0.1) is 0 Å². The molecule has 0 fully saturated rings. The summed E-state index contributed by atoms with van der Waals surface area (Å²) in [5.41, 5.74) is 2.88. The lowest BCUT2D eigenvalue weighted by molar-refractivity contribution is -0.120. The van der Waals surface area contributed by atoms with E-state index in [9.17, 15) is 4.79 Å². The molecule has 0 unspecified atom stereocenters. The molecular weight excluding hydrogens is 356 g/mol. The van der Waals surface area contributed by atoms with Crippen LogP contribution in [0.3, 0.4) is 0 Å². The zero-order chi connectivity index (χ0) is 19.9. The maximum Gasteiger partial charge on any atom is 0.224 e. The summed E-state index contributed by atoms with van der Waals surface area (Å²) in [5, 5.41) is 4.07. The first kappa shape index (κ1) is 19.5. The largest absolute Gasteiger partial charge is 0.493 e. The van der Waals surface area contributed by atoms with Crippen LogP contribution in [0.2, 0.25) is 0 Å². The normalized spacial score (nSPS) is 10.5. The number of nitrogens with one attached hydrogen (secondary N) is 1. The van der Waals surface area contributed by atoms with Gasteiger partial charge in [-0.25, -0.2) is 0 Å². The number of carbonyl (C=O) groups is 1. The first-order chi connectivity index (χ1) is 13.7. The van der Waals surface area contributed by atoms with E-state index >= 15 is 0 Å². The number of pyridine rings is 1. The van der Waals surface area contributed by atoms with E-state index in [1.165, 1.54) is 0 Å². The number of hydrogen-bond donors (Lipinski definition) is 1. The Morgan fingerprint density at radius 3 is 2.39 bits per heavy atom. The molecule has 0 aliphatic heterocycles. The predicted molar refractivity (Wildman–Crippen MR) is 108 cm³/mol. The molecule has 1 aromatic heterocycles. The van der Waals surface area contributed by atoms with E-state index in [1.807, 2.05) is 30.3 Å². The van der Waals surface area contributed by atoms with E-state index < -0.39 is 0 Å². The number of methoxy groups -OCH3 is 3. The van der Waals surface area contributed by atoms with Gasteiger partial charge in [-0.2, -0.15) is 0 Å². The lowest BCUT2D eigenvalue weighted by Gasteiger charge is -2.14. The van der Waals surface area contributed by atoms with Crippen molar-refractivity contribution in [1.29, 1.82) is 0 Å². The van der Waals surface area contributed by atoms with Crippen molar-refractivity contribution in [3.8, 4) is 17.2 Å². The van der Waals surface area contributed by atoms with Crippen LogP contribution < -0.4 is 19.5 Å². The number of carbonyl (C=O) groups excluding carboxylic acids is 1. The number of para-hydroxylation sites is 1. The molecule has 2 aromatic carbocycles. The number of nitrogens with zero attached hydrogens (tertiary/aromatic N) is 1. The van der Waals surface area contributed by atoms with E-state index in [0.717, 1.165) is 28.5 Å². The molecule has 3 rings (SSSR count). The van der Waals surface area contributed by atoms with Crippen LogP contribution in [-0.2, 0) is 17.6 Å². The predicted octanol–water partition coefficient (Wildman–Crippen LogP) is 3.16. The Morgan fingerprint density at radius 2 is 1.71 bits per heavy atom. The first-order valence-corrected chi connectivity index (χ1v) is 9.04. The van der Waals surface area contributed by atoms with Gasteiger partial charge < -0.3 is 19.5 Å². The van der Waals surface area contributed by atoms with Gasteiger partial charge in [0.25, 0.3) is 0 Å². The molecule has 28 heavy (non-hydrogen) atoms. The van der Waals surface area contributed by atoms with E-state index in [0.29, 0.717) is 23.8 Å². The van der Waals surface area contributed by atoms with Gasteiger partial charge in [0.1, 0.15) is 0 Å². The van der Waals surface area contributed by atoms with Crippen molar-refractivity contribution in [2.45, 2.75) is 12.8 Å². The molecular formula is C22H24N2O4. The van der Waals surface area contributed by atoms with Crippen molar-refractivity contribution in [2.75, 3.05) is 27.9 Å². The number of fused-ring (bicyclic) bond motifs is 1. The molecule has 6 heteroatoms. The second-order valence-corrected chi connectivity index (χ2v) is 6.30. The summed E-state index contributed by atoms with van der Waals surface area (Å²) in [4.78, 5) is 16.8. The van der Waals surface area contributed by atoms with Crippen molar-refractivity contribution in [2.24, 2.45) is 0 Å². The quantitative estimate of drug-likeness (QED) is 0.650. The highest BCUT2D eigenvalue weighted by Crippen LogP contribution is 2.38. The highest BCUT2D eigenvalue weighted by molar-refractivity contribution is 5.82. The van der Waals surface area contributed by atoms with Crippen LogP contribution >= 0.6 is 0 Å². The maximum absolute atomic E-state index is 12.4.